The fourth-order valence-electron chi connectivity index (χ4n) is 0.246. The summed E-state index contributed by atoms with van der Waals surface area (Å²) in [6.45, 7) is 3.18. The smallest absolute Gasteiger partial charge is 0.407 e. The van der Waals surface area contributed by atoms with E-state index in [2.05, 4.69) is 16.6 Å². The van der Waals surface area contributed by atoms with Crippen LogP contribution in [0.5, 0.6) is 0 Å². The van der Waals surface area contributed by atoms with Crippen molar-refractivity contribution in [1.82, 2.24) is 5.32 Å². The van der Waals surface area contributed by atoms with Crippen LogP contribution in [-0.2, 0) is 4.74 Å². The maximum atomic E-state index is 10.2. The first-order chi connectivity index (χ1) is 4.16. The molecule has 52 valence electrons. The topological polar surface area (TPSA) is 58.6 Å². The number of methoxy groups -OCH3 is 1. The van der Waals surface area contributed by atoms with Crippen molar-refractivity contribution in [2.75, 3.05) is 13.7 Å². The molecule has 0 spiro atoms. The number of amides is 1. The van der Waals surface area contributed by atoms with E-state index in [0.29, 0.717) is 0 Å². The Hall–Kier alpha value is -1.19. The van der Waals surface area contributed by atoms with Gasteiger partial charge in [-0.2, -0.15) is 0 Å². The summed E-state index contributed by atoms with van der Waals surface area (Å²) >= 11 is 0. The van der Waals surface area contributed by atoms with E-state index >= 15 is 0 Å². The molecule has 0 aromatic heterocycles. The molecule has 0 unspecified atom stereocenters. The third-order valence-electron chi connectivity index (χ3n) is 0.622. The number of nitrogens with one attached hydrogen (secondary N) is 1. The van der Waals surface area contributed by atoms with Gasteiger partial charge in [0.25, 0.3) is 0 Å². The maximum absolute atomic E-state index is 10.2. The van der Waals surface area contributed by atoms with Crippen LogP contribution < -0.4 is 5.32 Å². The van der Waals surface area contributed by atoms with E-state index in [1.165, 1.54) is 7.11 Å². The standard InChI is InChI=1S/C5H9NO3/c1-4(7)3-6-5(8)9-2/h7H,1,3H2,2H3,(H,6,8). The zero-order valence-electron chi connectivity index (χ0n) is 5.18. The zero-order valence-corrected chi connectivity index (χ0v) is 5.18. The highest BCUT2D eigenvalue weighted by atomic mass is 16.5. The highest BCUT2D eigenvalue weighted by Crippen LogP contribution is 1.77. The summed E-state index contributed by atoms with van der Waals surface area (Å²) in [5.41, 5.74) is 0. The number of carbonyl (C=O) groups is 1. The Balaban J connectivity index is 3.28. The van der Waals surface area contributed by atoms with Crippen LogP contribution in [0.4, 0.5) is 4.79 Å². The summed E-state index contributed by atoms with van der Waals surface area (Å²) in [5.74, 6) is -0.0969. The highest BCUT2D eigenvalue weighted by Gasteiger charge is 1.95. The second-order valence-corrected chi connectivity index (χ2v) is 1.41. The lowest BCUT2D eigenvalue weighted by molar-refractivity contribution is 0.170. The summed E-state index contributed by atoms with van der Waals surface area (Å²) in [7, 11) is 1.25. The summed E-state index contributed by atoms with van der Waals surface area (Å²) in [6.07, 6.45) is -0.579. The van der Waals surface area contributed by atoms with E-state index < -0.39 is 6.09 Å². The lowest BCUT2D eigenvalue weighted by atomic mass is 10.6. The number of hydrogen-bond donors (Lipinski definition) is 2. The average molecular weight is 131 g/mol. The minimum Gasteiger partial charge on any atom is -0.511 e. The van der Waals surface area contributed by atoms with Gasteiger partial charge in [-0.3, -0.25) is 0 Å². The molecule has 0 heterocycles. The Bertz CT molecular complexity index is 121. The summed E-state index contributed by atoms with van der Waals surface area (Å²) in [4.78, 5) is 10.2. The minimum absolute atomic E-state index is 0.0344. The number of ether oxygens (including phenoxy) is 1. The number of rotatable bonds is 2. The molecule has 4 heteroatoms. The quantitative estimate of drug-likeness (QED) is 0.534. The molecule has 1 amide bonds. The number of alkyl carbamates (subject to hydrolysis) is 1. The molecule has 0 rings (SSSR count). The van der Waals surface area contributed by atoms with E-state index in [0.717, 1.165) is 0 Å². The molecule has 0 fully saturated rings. The van der Waals surface area contributed by atoms with Gasteiger partial charge in [-0.05, 0) is 0 Å². The third-order valence-corrected chi connectivity index (χ3v) is 0.622. The monoisotopic (exact) mass is 131 g/mol. The van der Waals surface area contributed by atoms with Crippen LogP contribution in [0.3, 0.4) is 0 Å². The molecule has 0 radical (unpaired) electrons. The molecular weight excluding hydrogens is 122 g/mol. The highest BCUT2D eigenvalue weighted by molar-refractivity contribution is 5.67. The lowest BCUT2D eigenvalue weighted by Gasteiger charge is -1.99. The van der Waals surface area contributed by atoms with Crippen molar-refractivity contribution in [1.29, 1.82) is 0 Å². The summed E-state index contributed by atoms with van der Waals surface area (Å²) in [5, 5.41) is 10.7. The Kier molecular flexibility index (Phi) is 3.27. The van der Waals surface area contributed by atoms with Gasteiger partial charge in [0.15, 0.2) is 0 Å². The SMILES string of the molecule is C=C(O)CNC(=O)OC. The molecule has 0 aliphatic heterocycles. The molecule has 9 heavy (non-hydrogen) atoms. The molecule has 4 nitrogen and oxygen atoms in total. The van der Waals surface area contributed by atoms with Crippen LogP contribution in [0.15, 0.2) is 12.3 Å². The van der Waals surface area contributed by atoms with Crippen LogP contribution >= 0.6 is 0 Å². The molecule has 0 aromatic rings. The molecule has 0 aliphatic carbocycles. The largest absolute Gasteiger partial charge is 0.511 e. The van der Waals surface area contributed by atoms with Gasteiger partial charge in [-0.1, -0.05) is 6.58 Å². The van der Waals surface area contributed by atoms with Crippen LogP contribution in [0.25, 0.3) is 0 Å². The van der Waals surface area contributed by atoms with E-state index in [-0.39, 0.29) is 12.3 Å². The Morgan fingerprint density at radius 3 is 2.78 bits per heavy atom. The number of hydrogen-bond acceptors (Lipinski definition) is 3. The number of carbonyl (C=O) groups excluding carboxylic acids is 1. The van der Waals surface area contributed by atoms with Crippen molar-refractivity contribution in [3.63, 3.8) is 0 Å². The van der Waals surface area contributed by atoms with Crippen molar-refractivity contribution in [2.24, 2.45) is 0 Å². The molecule has 2 N–H and O–H groups in total. The lowest BCUT2D eigenvalue weighted by Crippen LogP contribution is -2.24. The van der Waals surface area contributed by atoms with Gasteiger partial charge in [-0.15, -0.1) is 0 Å². The third kappa shape index (κ3) is 4.67. The fourth-order valence-corrected chi connectivity index (χ4v) is 0.246. The molecule has 0 bridgehead atoms. The zero-order chi connectivity index (χ0) is 7.28. The van der Waals surface area contributed by atoms with Gasteiger partial charge < -0.3 is 15.2 Å². The van der Waals surface area contributed by atoms with Crippen LogP contribution in [0, 0.1) is 0 Å². The average Bonchev–Trinajstić information content (AvgIpc) is 1.83. The van der Waals surface area contributed by atoms with Crippen molar-refractivity contribution < 1.29 is 14.6 Å². The predicted molar refractivity (Wildman–Crippen MR) is 32.2 cm³/mol. The fraction of sp³-hybridized carbons (Fsp3) is 0.400. The number of aliphatic hydroxyl groups is 1. The van der Waals surface area contributed by atoms with E-state index in [1.54, 1.807) is 0 Å². The Morgan fingerprint density at radius 2 is 2.44 bits per heavy atom. The normalized spacial score (nSPS) is 8.11. The Morgan fingerprint density at radius 1 is 1.89 bits per heavy atom. The van der Waals surface area contributed by atoms with Crippen molar-refractivity contribution >= 4 is 6.09 Å². The van der Waals surface area contributed by atoms with Crippen LogP contribution in [0.2, 0.25) is 0 Å². The second-order valence-electron chi connectivity index (χ2n) is 1.41. The van der Waals surface area contributed by atoms with Crippen molar-refractivity contribution in [3.8, 4) is 0 Å². The van der Waals surface area contributed by atoms with Gasteiger partial charge in [0.2, 0.25) is 0 Å². The first-order valence-electron chi connectivity index (χ1n) is 2.35. The molecule has 0 saturated carbocycles. The van der Waals surface area contributed by atoms with Crippen LogP contribution in [0.1, 0.15) is 0 Å². The minimum atomic E-state index is -0.579. The van der Waals surface area contributed by atoms with Crippen LogP contribution in [-0.4, -0.2) is 24.9 Å². The molecular formula is C5H9NO3. The first-order valence-corrected chi connectivity index (χ1v) is 2.35. The second kappa shape index (κ2) is 3.77. The van der Waals surface area contributed by atoms with Gasteiger partial charge in [0.05, 0.1) is 13.7 Å². The predicted octanol–water partition coefficient (Wildman–Crippen LogP) is 0.414. The first kappa shape index (κ1) is 7.81. The van der Waals surface area contributed by atoms with Gasteiger partial charge in [0, 0.05) is 0 Å². The van der Waals surface area contributed by atoms with Gasteiger partial charge in [0.1, 0.15) is 5.76 Å². The molecule has 0 saturated heterocycles. The van der Waals surface area contributed by atoms with Crippen molar-refractivity contribution in [2.45, 2.75) is 0 Å². The molecule has 0 aromatic carbocycles. The van der Waals surface area contributed by atoms with E-state index in [4.69, 9.17) is 5.11 Å². The summed E-state index contributed by atoms with van der Waals surface area (Å²) < 4.78 is 4.20. The molecule has 0 aliphatic rings. The van der Waals surface area contributed by atoms with Gasteiger partial charge in [-0.25, -0.2) is 4.79 Å². The Labute approximate surface area is 53.1 Å². The number of aliphatic hydroxyl groups excluding tert-OH is 1. The van der Waals surface area contributed by atoms with E-state index in [9.17, 15) is 4.79 Å². The summed E-state index contributed by atoms with van der Waals surface area (Å²) in [6, 6.07) is 0. The van der Waals surface area contributed by atoms with Gasteiger partial charge >= 0.3 is 6.09 Å². The maximum Gasteiger partial charge on any atom is 0.407 e. The van der Waals surface area contributed by atoms with E-state index in [1.807, 2.05) is 0 Å². The van der Waals surface area contributed by atoms with Crippen molar-refractivity contribution in [3.05, 3.63) is 12.3 Å². The molecule has 0 atom stereocenters.